The minimum absolute atomic E-state index is 0.0549. The smallest absolute Gasteiger partial charge is 0.261 e. The van der Waals surface area contributed by atoms with E-state index in [1.165, 1.54) is 17.4 Å². The molecule has 13 heteroatoms. The van der Waals surface area contributed by atoms with Gasteiger partial charge in [0.1, 0.15) is 17.2 Å². The van der Waals surface area contributed by atoms with Crippen molar-refractivity contribution in [1.29, 1.82) is 5.26 Å². The predicted octanol–water partition coefficient (Wildman–Crippen LogP) is 5.67. The number of carbonyl (C=O) groups excluding carboxylic acids is 1. The number of nitriles is 1. The van der Waals surface area contributed by atoms with Gasteiger partial charge < -0.3 is 34.9 Å². The van der Waals surface area contributed by atoms with E-state index in [9.17, 15) is 10.1 Å². The number of aryl methyl sites for hydroxylation is 1. The Hall–Kier alpha value is -4.77. The van der Waals surface area contributed by atoms with Crippen LogP contribution in [-0.2, 0) is 11.3 Å². The highest BCUT2D eigenvalue weighted by Crippen LogP contribution is 2.43. The van der Waals surface area contributed by atoms with Gasteiger partial charge in [-0.05, 0) is 88.2 Å². The van der Waals surface area contributed by atoms with Crippen LogP contribution in [-0.4, -0.2) is 71.9 Å². The maximum absolute atomic E-state index is 13.1. The standard InChI is InChI=1S/C35H33BrN8O3S/c1-42-11-13-43(14-12-42)26-6-5-23-15-22(3-4-24(23)17-26)16-25(20-37)34(45)40-8-2-10-44-28-7-9-39-33(38)32(28)41-35(44)48-31-19-30-29(18-27(31)36)46-21-47-30/h3-7,9,15-19H,2,8,10-14,21H2,1H3,(H2,38,39)(H,40,45)/b25-16+. The number of imidazole rings is 1. The fourth-order valence-corrected chi connectivity index (χ4v) is 7.39. The minimum atomic E-state index is -0.411. The van der Waals surface area contributed by atoms with Crippen molar-refractivity contribution >= 4 is 73.0 Å². The van der Waals surface area contributed by atoms with Gasteiger partial charge in [-0.3, -0.25) is 4.79 Å². The summed E-state index contributed by atoms with van der Waals surface area (Å²) in [5.74, 6) is 1.29. The van der Waals surface area contributed by atoms with E-state index in [1.807, 2.05) is 36.4 Å². The number of anilines is 2. The molecule has 2 aromatic heterocycles. The first-order chi connectivity index (χ1) is 23.4. The SMILES string of the molecule is CN1CCN(c2ccc3cc(/C=C(\C#N)C(=O)NCCCn4c(Sc5cc6c(cc5Br)OCO6)nc5c(N)nccc54)ccc3c2)CC1. The van der Waals surface area contributed by atoms with Gasteiger partial charge in [0.05, 0.1) is 5.52 Å². The molecule has 0 aliphatic carbocycles. The van der Waals surface area contributed by atoms with E-state index in [4.69, 9.17) is 20.2 Å². The topological polar surface area (TPSA) is 135 Å². The molecule has 3 N–H and O–H groups in total. The van der Waals surface area contributed by atoms with Gasteiger partial charge in [0, 0.05) is 60.5 Å². The summed E-state index contributed by atoms with van der Waals surface area (Å²) in [4.78, 5) is 27.7. The fourth-order valence-electron chi connectivity index (χ4n) is 5.87. The number of hydrogen-bond donors (Lipinski definition) is 2. The normalized spacial score (nSPS) is 14.9. The molecular weight excluding hydrogens is 692 g/mol. The molecule has 1 amide bonds. The molecule has 2 aliphatic heterocycles. The first kappa shape index (κ1) is 31.8. The van der Waals surface area contributed by atoms with Crippen molar-refractivity contribution in [3.8, 4) is 17.6 Å². The van der Waals surface area contributed by atoms with E-state index in [-0.39, 0.29) is 12.4 Å². The molecule has 0 spiro atoms. The Morgan fingerprint density at radius 1 is 1.08 bits per heavy atom. The Morgan fingerprint density at radius 2 is 1.85 bits per heavy atom. The second-order valence-corrected chi connectivity index (χ2v) is 13.6. The Morgan fingerprint density at radius 3 is 2.67 bits per heavy atom. The lowest BCUT2D eigenvalue weighted by Crippen LogP contribution is -2.44. The third-order valence-electron chi connectivity index (χ3n) is 8.53. The van der Waals surface area contributed by atoms with Crippen molar-refractivity contribution in [3.05, 3.63) is 76.4 Å². The third-order valence-corrected chi connectivity index (χ3v) is 10.5. The summed E-state index contributed by atoms with van der Waals surface area (Å²) in [6, 6.07) is 20.2. The number of nitrogens with two attached hydrogens (primary N) is 1. The zero-order valence-corrected chi connectivity index (χ0v) is 28.7. The molecular formula is C35H33BrN8O3S. The van der Waals surface area contributed by atoms with Crippen LogP contribution in [0.25, 0.3) is 27.9 Å². The Kier molecular flexibility index (Phi) is 9.12. The van der Waals surface area contributed by atoms with Gasteiger partial charge >= 0.3 is 0 Å². The Bertz CT molecular complexity index is 2100. The summed E-state index contributed by atoms with van der Waals surface area (Å²) < 4.78 is 14.0. The van der Waals surface area contributed by atoms with Crippen LogP contribution in [0.1, 0.15) is 12.0 Å². The Labute approximate surface area is 290 Å². The second-order valence-electron chi connectivity index (χ2n) is 11.7. The molecule has 5 aromatic rings. The molecule has 0 unspecified atom stereocenters. The van der Waals surface area contributed by atoms with Crippen LogP contribution in [0.15, 0.2) is 80.9 Å². The first-order valence-corrected chi connectivity index (χ1v) is 17.2. The van der Waals surface area contributed by atoms with Gasteiger partial charge in [0.2, 0.25) is 6.79 Å². The number of piperazine rings is 1. The van der Waals surface area contributed by atoms with Crippen LogP contribution in [0, 0.1) is 11.3 Å². The summed E-state index contributed by atoms with van der Waals surface area (Å²) in [7, 11) is 2.15. The van der Waals surface area contributed by atoms with Gasteiger partial charge in [-0.1, -0.05) is 30.0 Å². The number of likely N-dealkylation sites (N-methyl/N-ethyl adjacent to an activating group) is 1. The molecule has 1 fully saturated rings. The number of rotatable bonds is 9. The number of benzene rings is 3. The number of fused-ring (bicyclic) bond motifs is 3. The summed E-state index contributed by atoms with van der Waals surface area (Å²) in [5, 5.41) is 15.7. The number of aromatic nitrogens is 3. The van der Waals surface area contributed by atoms with Gasteiger partial charge in [-0.25, -0.2) is 9.97 Å². The molecule has 11 nitrogen and oxygen atoms in total. The number of nitrogens with one attached hydrogen (secondary N) is 1. The number of nitrogen functional groups attached to an aromatic ring is 1. The number of carbonyl (C=O) groups is 1. The maximum atomic E-state index is 13.1. The minimum Gasteiger partial charge on any atom is -0.454 e. The molecule has 244 valence electrons. The predicted molar refractivity (Wildman–Crippen MR) is 191 cm³/mol. The average molecular weight is 726 g/mol. The lowest BCUT2D eigenvalue weighted by molar-refractivity contribution is -0.117. The van der Waals surface area contributed by atoms with Crippen LogP contribution in [0.3, 0.4) is 0 Å². The zero-order chi connectivity index (χ0) is 33.2. The Balaban J connectivity index is 1.02. The van der Waals surface area contributed by atoms with Crippen molar-refractivity contribution < 1.29 is 14.3 Å². The summed E-state index contributed by atoms with van der Waals surface area (Å²) in [5.41, 5.74) is 9.70. The average Bonchev–Trinajstić information content (AvgIpc) is 3.70. The largest absolute Gasteiger partial charge is 0.454 e. The second kappa shape index (κ2) is 13.8. The molecule has 2 aliphatic rings. The fraction of sp³-hybridized carbons (Fsp3) is 0.257. The van der Waals surface area contributed by atoms with Crippen LogP contribution >= 0.6 is 27.7 Å². The number of hydrogen-bond acceptors (Lipinski definition) is 10. The number of halogens is 1. The number of ether oxygens (including phenoxy) is 2. The van der Waals surface area contributed by atoms with Crippen molar-refractivity contribution in [2.45, 2.75) is 23.0 Å². The van der Waals surface area contributed by atoms with E-state index in [0.717, 1.165) is 62.6 Å². The molecule has 3 aromatic carbocycles. The van der Waals surface area contributed by atoms with E-state index >= 15 is 0 Å². The summed E-state index contributed by atoms with van der Waals surface area (Å²) >= 11 is 5.10. The third kappa shape index (κ3) is 6.64. The van der Waals surface area contributed by atoms with Crippen molar-refractivity contribution in [2.24, 2.45) is 0 Å². The lowest BCUT2D eigenvalue weighted by Gasteiger charge is -2.34. The maximum Gasteiger partial charge on any atom is 0.261 e. The van der Waals surface area contributed by atoms with Gasteiger partial charge in [0.25, 0.3) is 5.91 Å². The highest BCUT2D eigenvalue weighted by atomic mass is 79.9. The highest BCUT2D eigenvalue weighted by molar-refractivity contribution is 9.10. The van der Waals surface area contributed by atoms with E-state index in [1.54, 1.807) is 12.3 Å². The van der Waals surface area contributed by atoms with E-state index < -0.39 is 5.91 Å². The molecule has 0 bridgehead atoms. The molecule has 4 heterocycles. The number of pyridine rings is 1. The van der Waals surface area contributed by atoms with Gasteiger partial charge in [0.15, 0.2) is 22.5 Å². The van der Waals surface area contributed by atoms with Crippen molar-refractivity contribution in [1.82, 2.24) is 24.8 Å². The summed E-state index contributed by atoms with van der Waals surface area (Å²) in [6.45, 7) is 5.22. The van der Waals surface area contributed by atoms with Crippen LogP contribution in [0.2, 0.25) is 0 Å². The van der Waals surface area contributed by atoms with Crippen LogP contribution in [0.5, 0.6) is 11.5 Å². The van der Waals surface area contributed by atoms with E-state index in [0.29, 0.717) is 42.3 Å². The highest BCUT2D eigenvalue weighted by Gasteiger charge is 2.21. The van der Waals surface area contributed by atoms with Crippen molar-refractivity contribution in [2.75, 3.05) is 57.2 Å². The zero-order valence-electron chi connectivity index (χ0n) is 26.3. The van der Waals surface area contributed by atoms with Gasteiger partial charge in [-0.2, -0.15) is 5.26 Å². The number of nitrogens with zero attached hydrogens (tertiary/aromatic N) is 6. The van der Waals surface area contributed by atoms with Gasteiger partial charge in [-0.15, -0.1) is 0 Å². The van der Waals surface area contributed by atoms with Crippen LogP contribution < -0.4 is 25.4 Å². The first-order valence-electron chi connectivity index (χ1n) is 15.6. The molecule has 1 saturated heterocycles. The monoisotopic (exact) mass is 724 g/mol. The molecule has 48 heavy (non-hydrogen) atoms. The van der Waals surface area contributed by atoms with E-state index in [2.05, 4.69) is 71.9 Å². The van der Waals surface area contributed by atoms with Crippen LogP contribution in [0.4, 0.5) is 11.5 Å². The molecule has 0 saturated carbocycles. The lowest BCUT2D eigenvalue weighted by atomic mass is 10.0. The molecule has 0 atom stereocenters. The van der Waals surface area contributed by atoms with Crippen molar-refractivity contribution in [3.63, 3.8) is 0 Å². The molecule has 7 rings (SSSR count). The quantitative estimate of drug-likeness (QED) is 0.111. The summed E-state index contributed by atoms with van der Waals surface area (Å²) in [6.07, 6.45) is 3.89. The number of amides is 1. The molecule has 0 radical (unpaired) electrons.